The van der Waals surface area contributed by atoms with E-state index in [4.69, 9.17) is 9.97 Å². The lowest BCUT2D eigenvalue weighted by Crippen LogP contribution is -2.17. The number of nitrogens with zero attached hydrogens (tertiary/aromatic N) is 3. The second-order valence-corrected chi connectivity index (χ2v) is 21.1. The first-order chi connectivity index (χ1) is 29.6. The van der Waals surface area contributed by atoms with Gasteiger partial charge in [-0.25, -0.2) is 9.37 Å². The summed E-state index contributed by atoms with van der Waals surface area (Å²) in [5.41, 5.74) is 14.0. The molecule has 0 aliphatic carbocycles. The first-order valence-corrected chi connectivity index (χ1v) is 22.1. The van der Waals surface area contributed by atoms with Crippen LogP contribution in [-0.2, 0) is 21.7 Å². The van der Waals surface area contributed by atoms with E-state index in [0.29, 0.717) is 17.0 Å². The first kappa shape index (κ1) is 43.3. The molecule has 0 amide bonds. The molecule has 0 radical (unpaired) electrons. The Labute approximate surface area is 373 Å². The maximum Gasteiger partial charge on any atom is 0.149 e. The summed E-state index contributed by atoms with van der Waals surface area (Å²) in [4.78, 5) is 10.5. The molecule has 4 nitrogen and oxygen atoms in total. The molecular formula is C58H60FN3O. The number of hydrogen-bond donors (Lipinski definition) is 1. The van der Waals surface area contributed by atoms with Gasteiger partial charge in [0.05, 0.1) is 28.0 Å². The fourth-order valence-electron chi connectivity index (χ4n) is 8.63. The number of aromatic hydroxyl groups is 1. The van der Waals surface area contributed by atoms with Crippen LogP contribution in [0.3, 0.4) is 0 Å². The zero-order chi connectivity index (χ0) is 45.2. The topological polar surface area (TPSA) is 50.9 Å². The monoisotopic (exact) mass is 833 g/mol. The highest BCUT2D eigenvalue weighted by Gasteiger charge is 2.31. The van der Waals surface area contributed by atoms with E-state index in [1.165, 1.54) is 11.6 Å². The van der Waals surface area contributed by atoms with Crippen molar-refractivity contribution in [2.75, 3.05) is 0 Å². The van der Waals surface area contributed by atoms with E-state index in [9.17, 15) is 5.11 Å². The summed E-state index contributed by atoms with van der Waals surface area (Å²) in [6, 6.07) is 45.3. The Balaban J connectivity index is 1.49. The Morgan fingerprint density at radius 3 is 1.79 bits per heavy atom. The van der Waals surface area contributed by atoms with Crippen molar-refractivity contribution in [1.29, 1.82) is 0 Å². The van der Waals surface area contributed by atoms with Crippen LogP contribution < -0.4 is 0 Å². The molecule has 0 atom stereocenters. The number of pyridine rings is 1. The summed E-state index contributed by atoms with van der Waals surface area (Å²) in [5, 5.41) is 12.6. The minimum Gasteiger partial charge on any atom is -0.507 e. The van der Waals surface area contributed by atoms with Gasteiger partial charge >= 0.3 is 0 Å². The number of halogens is 1. The Morgan fingerprint density at radius 2 is 1.13 bits per heavy atom. The molecule has 0 unspecified atom stereocenters. The molecule has 0 bridgehead atoms. The van der Waals surface area contributed by atoms with Crippen LogP contribution in [0.1, 0.15) is 105 Å². The number of fused-ring (bicyclic) bond motifs is 1. The van der Waals surface area contributed by atoms with Crippen molar-refractivity contribution >= 4 is 11.0 Å². The molecule has 63 heavy (non-hydrogen) atoms. The highest BCUT2D eigenvalue weighted by atomic mass is 19.1. The largest absolute Gasteiger partial charge is 0.507 e. The number of hydrogen-bond acceptors (Lipinski definition) is 3. The van der Waals surface area contributed by atoms with Gasteiger partial charge in [-0.1, -0.05) is 168 Å². The van der Waals surface area contributed by atoms with E-state index in [1.807, 2.05) is 18.2 Å². The molecule has 0 spiro atoms. The highest BCUT2D eigenvalue weighted by Crippen LogP contribution is 2.47. The molecular weight excluding hydrogens is 774 g/mol. The van der Waals surface area contributed by atoms with Crippen molar-refractivity contribution in [2.45, 2.75) is 105 Å². The van der Waals surface area contributed by atoms with Crippen LogP contribution in [0.2, 0.25) is 0 Å². The molecule has 0 aliphatic heterocycles. The standard InChI is InChI=1S/C58H60FN3O/c1-55(2,3)40-25-27-49(43(33-40)36-19-14-13-15-20-36)62-50-28-26-45(57(7,8)9)51(52(50)61-54(62)44-34-41(56(4,5)6)35-46(53(44)63)58(10,11)12)39-22-18-21-38(31-39)48-32-37(29-30-60-48)42-23-16-17-24-47(42)59/h13-35,63H,1-12H3. The maximum atomic E-state index is 15.0. The Hall–Kier alpha value is -6.33. The number of rotatable bonds is 6. The van der Waals surface area contributed by atoms with Crippen molar-refractivity contribution in [1.82, 2.24) is 14.5 Å². The third kappa shape index (κ3) is 8.34. The van der Waals surface area contributed by atoms with E-state index in [1.54, 1.807) is 18.3 Å². The van der Waals surface area contributed by atoms with E-state index in [0.717, 1.165) is 72.5 Å². The summed E-state index contributed by atoms with van der Waals surface area (Å²) in [6.45, 7) is 26.6. The molecule has 6 aromatic carbocycles. The van der Waals surface area contributed by atoms with E-state index >= 15 is 4.39 Å². The summed E-state index contributed by atoms with van der Waals surface area (Å²) >= 11 is 0. The van der Waals surface area contributed by atoms with E-state index < -0.39 is 0 Å². The third-order valence-electron chi connectivity index (χ3n) is 12.2. The average Bonchev–Trinajstić information content (AvgIpc) is 3.61. The molecule has 8 rings (SSSR count). The van der Waals surface area contributed by atoms with Gasteiger partial charge in [0, 0.05) is 34.0 Å². The fraction of sp³-hybridized carbons (Fsp3) is 0.276. The third-order valence-corrected chi connectivity index (χ3v) is 12.2. The lowest BCUT2D eigenvalue weighted by atomic mass is 9.79. The number of aromatic nitrogens is 3. The summed E-state index contributed by atoms with van der Waals surface area (Å²) < 4.78 is 17.3. The van der Waals surface area contributed by atoms with Crippen LogP contribution in [0, 0.1) is 5.82 Å². The van der Waals surface area contributed by atoms with E-state index in [-0.39, 0.29) is 33.2 Å². The van der Waals surface area contributed by atoms with Crippen molar-refractivity contribution in [3.63, 3.8) is 0 Å². The van der Waals surface area contributed by atoms with Crippen LogP contribution in [0.4, 0.5) is 4.39 Å². The molecule has 5 heteroatoms. The van der Waals surface area contributed by atoms with Crippen molar-refractivity contribution < 1.29 is 9.50 Å². The second kappa shape index (κ2) is 15.8. The number of benzene rings is 6. The Morgan fingerprint density at radius 1 is 0.492 bits per heavy atom. The molecule has 8 aromatic rings. The SMILES string of the molecule is CC(C)(C)c1ccc(-n2c(-c3cc(C(C)(C)C)cc(C(C)(C)C)c3O)nc3c(-c4cccc(-c5cc(-c6ccccc6F)ccn5)c4)c(C(C)(C)C)ccc32)c(-c2ccccc2)c1. The van der Waals surface area contributed by atoms with Gasteiger partial charge in [0.1, 0.15) is 17.4 Å². The first-order valence-electron chi connectivity index (χ1n) is 22.1. The van der Waals surface area contributed by atoms with Gasteiger partial charge in [0.2, 0.25) is 0 Å². The Kier molecular flexibility index (Phi) is 10.9. The smallest absolute Gasteiger partial charge is 0.149 e. The van der Waals surface area contributed by atoms with Crippen LogP contribution in [0.25, 0.3) is 72.7 Å². The van der Waals surface area contributed by atoms with Gasteiger partial charge in [0.15, 0.2) is 0 Å². The average molecular weight is 834 g/mol. The highest BCUT2D eigenvalue weighted by molar-refractivity contribution is 5.99. The molecule has 0 aliphatic rings. The number of phenolic OH excluding ortho intramolecular Hbond substituents is 1. The van der Waals surface area contributed by atoms with Gasteiger partial charge in [-0.15, -0.1) is 0 Å². The van der Waals surface area contributed by atoms with Crippen LogP contribution in [0.15, 0.2) is 140 Å². The van der Waals surface area contributed by atoms with Crippen molar-refractivity contribution in [3.8, 4) is 67.5 Å². The minimum atomic E-state index is -0.344. The lowest BCUT2D eigenvalue weighted by Gasteiger charge is -2.28. The zero-order valence-electron chi connectivity index (χ0n) is 38.9. The Bertz CT molecular complexity index is 3000. The molecule has 2 heterocycles. The molecule has 2 aromatic heterocycles. The predicted octanol–water partition coefficient (Wildman–Crippen LogP) is 15.8. The van der Waals surface area contributed by atoms with Gasteiger partial charge in [-0.2, -0.15) is 0 Å². The molecule has 0 saturated carbocycles. The van der Waals surface area contributed by atoms with Crippen LogP contribution >= 0.6 is 0 Å². The van der Waals surface area contributed by atoms with Crippen LogP contribution in [0.5, 0.6) is 5.75 Å². The lowest BCUT2D eigenvalue weighted by molar-refractivity contribution is 0.446. The van der Waals surface area contributed by atoms with Crippen LogP contribution in [-0.4, -0.2) is 19.6 Å². The molecule has 0 fully saturated rings. The van der Waals surface area contributed by atoms with Gasteiger partial charge in [0.25, 0.3) is 0 Å². The quantitative estimate of drug-likeness (QED) is 0.182. The predicted molar refractivity (Wildman–Crippen MR) is 262 cm³/mol. The van der Waals surface area contributed by atoms with E-state index in [2.05, 4.69) is 185 Å². The molecule has 0 saturated heterocycles. The molecule has 320 valence electrons. The van der Waals surface area contributed by atoms with Gasteiger partial charge in [-0.3, -0.25) is 9.55 Å². The summed E-state index contributed by atoms with van der Waals surface area (Å²) in [6.07, 6.45) is 1.75. The van der Waals surface area contributed by atoms with Crippen molar-refractivity contribution in [3.05, 3.63) is 168 Å². The van der Waals surface area contributed by atoms with Gasteiger partial charge < -0.3 is 5.11 Å². The maximum absolute atomic E-state index is 15.0. The normalized spacial score (nSPS) is 12.6. The minimum absolute atomic E-state index is 0.0910. The number of imidazole rings is 1. The number of phenols is 1. The zero-order valence-corrected chi connectivity index (χ0v) is 38.9. The van der Waals surface area contributed by atoms with Crippen molar-refractivity contribution in [2.24, 2.45) is 0 Å². The second-order valence-electron chi connectivity index (χ2n) is 21.1. The van der Waals surface area contributed by atoms with Gasteiger partial charge in [-0.05, 0) is 104 Å². The fourth-order valence-corrected chi connectivity index (χ4v) is 8.63. The summed E-state index contributed by atoms with van der Waals surface area (Å²) in [7, 11) is 0. The molecule has 1 N–H and O–H groups in total. The summed E-state index contributed by atoms with van der Waals surface area (Å²) in [5.74, 6) is 0.635.